The first-order valence-corrected chi connectivity index (χ1v) is 6.43. The first kappa shape index (κ1) is 9.99. The number of rotatable bonds is 3. The Kier molecular flexibility index (Phi) is 2.71. The largest absolute Gasteiger partial charge is 0.338 e. The lowest BCUT2D eigenvalue weighted by Crippen LogP contribution is -2.18. The van der Waals surface area contributed by atoms with Crippen LogP contribution in [0.5, 0.6) is 0 Å². The van der Waals surface area contributed by atoms with Gasteiger partial charge in [-0.1, -0.05) is 5.16 Å². The summed E-state index contributed by atoms with van der Waals surface area (Å²) in [7, 11) is 0. The third kappa shape index (κ3) is 2.01. The standard InChI is InChI=1S/C11H13N3OS/c1-2-5-14(4-1)7-10-12-11(13-15-10)9-3-6-16-8-9/h3,6,8H,1-2,4-5,7H2. The molecule has 0 saturated carbocycles. The van der Waals surface area contributed by atoms with Crippen molar-refractivity contribution in [2.24, 2.45) is 0 Å². The zero-order valence-corrected chi connectivity index (χ0v) is 9.74. The minimum Gasteiger partial charge on any atom is -0.338 e. The molecule has 0 bridgehead atoms. The van der Waals surface area contributed by atoms with Gasteiger partial charge in [-0.2, -0.15) is 16.3 Å². The third-order valence-corrected chi connectivity index (χ3v) is 3.49. The average Bonchev–Trinajstić information content (AvgIpc) is 2.99. The SMILES string of the molecule is c1cc(-c2noc(CN3CCCC3)n2)cs1. The molecule has 3 rings (SSSR count). The molecule has 2 aromatic rings. The van der Waals surface area contributed by atoms with E-state index in [4.69, 9.17) is 4.52 Å². The van der Waals surface area contributed by atoms with Gasteiger partial charge in [0.25, 0.3) is 0 Å². The van der Waals surface area contributed by atoms with Crippen molar-refractivity contribution in [3.05, 3.63) is 22.7 Å². The van der Waals surface area contributed by atoms with Gasteiger partial charge < -0.3 is 4.52 Å². The molecule has 0 aliphatic carbocycles. The minimum atomic E-state index is 0.704. The summed E-state index contributed by atoms with van der Waals surface area (Å²) >= 11 is 1.64. The Morgan fingerprint density at radius 3 is 3.00 bits per heavy atom. The molecular weight excluding hydrogens is 222 g/mol. The van der Waals surface area contributed by atoms with Gasteiger partial charge in [-0.05, 0) is 37.4 Å². The Morgan fingerprint density at radius 1 is 1.38 bits per heavy atom. The van der Waals surface area contributed by atoms with Gasteiger partial charge in [0.05, 0.1) is 6.54 Å². The molecule has 0 aromatic carbocycles. The zero-order chi connectivity index (χ0) is 10.8. The van der Waals surface area contributed by atoms with Crippen LogP contribution in [-0.2, 0) is 6.54 Å². The molecule has 1 aliphatic heterocycles. The van der Waals surface area contributed by atoms with Gasteiger partial charge >= 0.3 is 0 Å². The van der Waals surface area contributed by atoms with Crippen LogP contribution in [0.1, 0.15) is 18.7 Å². The fourth-order valence-electron chi connectivity index (χ4n) is 1.96. The van der Waals surface area contributed by atoms with Crippen molar-refractivity contribution >= 4 is 11.3 Å². The van der Waals surface area contributed by atoms with Gasteiger partial charge in [-0.25, -0.2) is 0 Å². The van der Waals surface area contributed by atoms with E-state index in [2.05, 4.69) is 15.0 Å². The molecule has 84 valence electrons. The molecule has 2 aromatic heterocycles. The van der Waals surface area contributed by atoms with Crippen molar-refractivity contribution in [2.45, 2.75) is 19.4 Å². The van der Waals surface area contributed by atoms with Crippen LogP contribution in [0.25, 0.3) is 11.4 Å². The van der Waals surface area contributed by atoms with Crippen LogP contribution in [0, 0.1) is 0 Å². The number of thiophene rings is 1. The van der Waals surface area contributed by atoms with Gasteiger partial charge in [0.1, 0.15) is 0 Å². The van der Waals surface area contributed by atoms with Gasteiger partial charge in [-0.3, -0.25) is 4.90 Å². The lowest BCUT2D eigenvalue weighted by Gasteiger charge is -2.09. The maximum absolute atomic E-state index is 5.25. The number of nitrogens with zero attached hydrogens (tertiary/aromatic N) is 3. The average molecular weight is 235 g/mol. The van der Waals surface area contributed by atoms with E-state index in [-0.39, 0.29) is 0 Å². The molecule has 0 unspecified atom stereocenters. The Hall–Kier alpha value is -1.20. The molecule has 0 atom stereocenters. The van der Waals surface area contributed by atoms with Gasteiger partial charge in [-0.15, -0.1) is 0 Å². The quantitative estimate of drug-likeness (QED) is 0.819. The van der Waals surface area contributed by atoms with E-state index in [0.717, 1.165) is 31.1 Å². The maximum atomic E-state index is 5.25. The van der Waals surface area contributed by atoms with Gasteiger partial charge in [0, 0.05) is 10.9 Å². The number of hydrogen-bond acceptors (Lipinski definition) is 5. The molecular formula is C11H13N3OS. The molecule has 0 amide bonds. The molecule has 0 spiro atoms. The first-order valence-electron chi connectivity index (χ1n) is 5.49. The lowest BCUT2D eigenvalue weighted by molar-refractivity contribution is 0.268. The highest BCUT2D eigenvalue weighted by Gasteiger charge is 2.16. The smallest absolute Gasteiger partial charge is 0.241 e. The molecule has 1 aliphatic rings. The molecule has 1 saturated heterocycles. The predicted octanol–water partition coefficient (Wildman–Crippen LogP) is 2.39. The van der Waals surface area contributed by atoms with Crippen LogP contribution in [0.2, 0.25) is 0 Å². The van der Waals surface area contributed by atoms with E-state index < -0.39 is 0 Å². The number of hydrogen-bond donors (Lipinski definition) is 0. The molecule has 16 heavy (non-hydrogen) atoms. The number of likely N-dealkylation sites (tertiary alicyclic amines) is 1. The zero-order valence-electron chi connectivity index (χ0n) is 8.93. The Labute approximate surface area is 97.9 Å². The second-order valence-corrected chi connectivity index (χ2v) is 4.79. The van der Waals surface area contributed by atoms with E-state index >= 15 is 0 Å². The topological polar surface area (TPSA) is 42.2 Å². The molecule has 4 nitrogen and oxygen atoms in total. The molecule has 0 N–H and O–H groups in total. The highest BCUT2D eigenvalue weighted by molar-refractivity contribution is 7.08. The molecule has 0 radical (unpaired) electrons. The molecule has 1 fully saturated rings. The summed E-state index contributed by atoms with van der Waals surface area (Å²) in [5, 5.41) is 8.05. The predicted molar refractivity (Wildman–Crippen MR) is 62.1 cm³/mol. The van der Waals surface area contributed by atoms with Crippen molar-refractivity contribution in [1.29, 1.82) is 0 Å². The van der Waals surface area contributed by atoms with E-state index in [1.54, 1.807) is 11.3 Å². The van der Waals surface area contributed by atoms with Crippen LogP contribution in [0.15, 0.2) is 21.3 Å². The van der Waals surface area contributed by atoms with Crippen LogP contribution in [0.4, 0.5) is 0 Å². The van der Waals surface area contributed by atoms with Crippen LogP contribution < -0.4 is 0 Å². The molecule has 3 heterocycles. The van der Waals surface area contributed by atoms with Crippen molar-refractivity contribution in [3.63, 3.8) is 0 Å². The highest BCUT2D eigenvalue weighted by Crippen LogP contribution is 2.19. The van der Waals surface area contributed by atoms with Gasteiger partial charge in [0.2, 0.25) is 11.7 Å². The van der Waals surface area contributed by atoms with E-state index in [0.29, 0.717) is 5.82 Å². The van der Waals surface area contributed by atoms with Crippen LogP contribution in [-0.4, -0.2) is 28.1 Å². The molecule has 5 heteroatoms. The Balaban J connectivity index is 1.72. The van der Waals surface area contributed by atoms with Crippen molar-refractivity contribution < 1.29 is 4.52 Å². The maximum Gasteiger partial charge on any atom is 0.241 e. The van der Waals surface area contributed by atoms with Crippen LogP contribution >= 0.6 is 11.3 Å². The van der Waals surface area contributed by atoms with E-state index in [1.165, 1.54) is 12.8 Å². The Morgan fingerprint density at radius 2 is 2.25 bits per heavy atom. The van der Waals surface area contributed by atoms with Crippen LogP contribution in [0.3, 0.4) is 0 Å². The fraction of sp³-hybridized carbons (Fsp3) is 0.455. The third-order valence-electron chi connectivity index (χ3n) is 2.81. The summed E-state index contributed by atoms with van der Waals surface area (Å²) in [6.07, 6.45) is 2.57. The summed E-state index contributed by atoms with van der Waals surface area (Å²) in [4.78, 5) is 6.76. The van der Waals surface area contributed by atoms with Gasteiger partial charge in [0.15, 0.2) is 0 Å². The minimum absolute atomic E-state index is 0.704. The van der Waals surface area contributed by atoms with Crippen molar-refractivity contribution in [3.8, 4) is 11.4 Å². The number of aromatic nitrogens is 2. The summed E-state index contributed by atoms with van der Waals surface area (Å²) < 4.78 is 5.25. The normalized spacial score (nSPS) is 17.0. The van der Waals surface area contributed by atoms with Crippen molar-refractivity contribution in [2.75, 3.05) is 13.1 Å². The Bertz CT molecular complexity index is 446. The van der Waals surface area contributed by atoms with E-state index in [1.807, 2.05) is 16.8 Å². The first-order chi connectivity index (χ1) is 7.92. The fourth-order valence-corrected chi connectivity index (χ4v) is 2.59. The summed E-state index contributed by atoms with van der Waals surface area (Å²) in [5.74, 6) is 1.43. The summed E-state index contributed by atoms with van der Waals surface area (Å²) in [6, 6.07) is 2.01. The van der Waals surface area contributed by atoms with E-state index in [9.17, 15) is 0 Å². The van der Waals surface area contributed by atoms with Crippen molar-refractivity contribution in [1.82, 2.24) is 15.0 Å². The summed E-state index contributed by atoms with van der Waals surface area (Å²) in [6.45, 7) is 3.09. The monoisotopic (exact) mass is 235 g/mol. The summed E-state index contributed by atoms with van der Waals surface area (Å²) in [5.41, 5.74) is 1.04. The second kappa shape index (κ2) is 4.35. The highest BCUT2D eigenvalue weighted by atomic mass is 32.1. The second-order valence-electron chi connectivity index (χ2n) is 4.01. The lowest BCUT2D eigenvalue weighted by atomic mass is 10.3.